The summed E-state index contributed by atoms with van der Waals surface area (Å²) in [5.74, 6) is -2.43. The molecule has 0 fully saturated rings. The van der Waals surface area contributed by atoms with E-state index in [-0.39, 0.29) is 29.2 Å². The van der Waals surface area contributed by atoms with Crippen LogP contribution in [0.3, 0.4) is 0 Å². The number of benzene rings is 2. The third kappa shape index (κ3) is 5.69. The van der Waals surface area contributed by atoms with E-state index < -0.39 is 27.7 Å². The van der Waals surface area contributed by atoms with Crippen LogP contribution in [0.1, 0.15) is 34.1 Å². The van der Waals surface area contributed by atoms with E-state index in [1.165, 1.54) is 49.4 Å². The molecule has 10 heteroatoms. The van der Waals surface area contributed by atoms with E-state index >= 15 is 0 Å². The van der Waals surface area contributed by atoms with Gasteiger partial charge in [-0.15, -0.1) is 0 Å². The molecule has 3 N–H and O–H groups in total. The van der Waals surface area contributed by atoms with Crippen LogP contribution in [0.4, 0.5) is 4.39 Å². The first-order valence-corrected chi connectivity index (χ1v) is 9.63. The molecule has 0 unspecified atom stereocenters. The van der Waals surface area contributed by atoms with Gasteiger partial charge >= 0.3 is 0 Å². The van der Waals surface area contributed by atoms with Crippen molar-refractivity contribution in [2.45, 2.75) is 18.2 Å². The number of carbonyl (C=O) groups is 3. The van der Waals surface area contributed by atoms with Crippen molar-refractivity contribution in [3.8, 4) is 0 Å². The van der Waals surface area contributed by atoms with Gasteiger partial charge in [0, 0.05) is 18.5 Å². The molecule has 8 nitrogen and oxygen atoms in total. The molecular weight excluding hydrogens is 389 g/mol. The topological polar surface area (TPSA) is 121 Å². The van der Waals surface area contributed by atoms with Crippen LogP contribution >= 0.6 is 0 Å². The zero-order valence-corrected chi connectivity index (χ0v) is 15.7. The fourth-order valence-corrected chi connectivity index (χ4v) is 3.18. The number of Topliss-reactive ketones (excluding diaryl/α,β-unsaturated/α-hetero) is 1. The summed E-state index contributed by atoms with van der Waals surface area (Å²) in [7, 11) is -3.86. The van der Waals surface area contributed by atoms with Crippen molar-refractivity contribution in [3.63, 3.8) is 0 Å². The molecule has 0 spiro atoms. The van der Waals surface area contributed by atoms with Crippen molar-refractivity contribution in [1.82, 2.24) is 15.6 Å². The average molecular weight is 407 g/mol. The maximum absolute atomic E-state index is 13.5. The third-order valence-electron chi connectivity index (χ3n) is 3.65. The van der Waals surface area contributed by atoms with E-state index in [1.807, 2.05) is 5.43 Å². The highest BCUT2D eigenvalue weighted by Gasteiger charge is 2.15. The summed E-state index contributed by atoms with van der Waals surface area (Å²) in [6.45, 7) is 1.14. The first kappa shape index (κ1) is 21.2. The van der Waals surface area contributed by atoms with Gasteiger partial charge in [0.1, 0.15) is 5.82 Å². The summed E-state index contributed by atoms with van der Waals surface area (Å²) in [5.41, 5.74) is 4.26. The van der Waals surface area contributed by atoms with Gasteiger partial charge < -0.3 is 0 Å². The summed E-state index contributed by atoms with van der Waals surface area (Å²) in [5, 5.41) is 0. The molecule has 2 aromatic carbocycles. The summed E-state index contributed by atoms with van der Waals surface area (Å²) >= 11 is 0. The SMILES string of the molecule is CC(=O)c1ccc(S(=O)(=O)NCCC(=O)NNC(=O)c2ccccc2F)cc1. The molecule has 0 aliphatic heterocycles. The minimum absolute atomic E-state index is 0.0502. The predicted molar refractivity (Wildman–Crippen MR) is 98.3 cm³/mol. The minimum atomic E-state index is -3.86. The molecule has 0 aromatic heterocycles. The number of rotatable bonds is 7. The highest BCUT2D eigenvalue weighted by Crippen LogP contribution is 2.11. The van der Waals surface area contributed by atoms with E-state index in [4.69, 9.17) is 0 Å². The molecule has 0 aliphatic rings. The summed E-state index contributed by atoms with van der Waals surface area (Å²) < 4.78 is 40.0. The highest BCUT2D eigenvalue weighted by molar-refractivity contribution is 7.89. The lowest BCUT2D eigenvalue weighted by Gasteiger charge is -2.09. The van der Waals surface area contributed by atoms with Gasteiger partial charge in [0.15, 0.2) is 5.78 Å². The smallest absolute Gasteiger partial charge is 0.272 e. The molecule has 0 aliphatic carbocycles. The van der Waals surface area contributed by atoms with Gasteiger partial charge in [-0.3, -0.25) is 25.2 Å². The number of ketones is 1. The highest BCUT2D eigenvalue weighted by atomic mass is 32.2. The summed E-state index contributed by atoms with van der Waals surface area (Å²) in [6.07, 6.45) is -0.262. The Labute approximate surface area is 161 Å². The fourth-order valence-electron chi connectivity index (χ4n) is 2.15. The van der Waals surface area contributed by atoms with Crippen LogP contribution in [0.5, 0.6) is 0 Å². The quantitative estimate of drug-likeness (QED) is 0.470. The first-order chi connectivity index (χ1) is 13.2. The number of sulfonamides is 1. The second-order valence-corrected chi connectivity index (χ2v) is 7.48. The second kappa shape index (κ2) is 9.20. The Balaban J connectivity index is 1.82. The van der Waals surface area contributed by atoms with Gasteiger partial charge in [-0.1, -0.05) is 24.3 Å². The molecule has 0 radical (unpaired) electrons. The number of carbonyl (C=O) groups excluding carboxylic acids is 3. The van der Waals surface area contributed by atoms with Crippen molar-refractivity contribution < 1.29 is 27.2 Å². The molecule has 0 heterocycles. The molecule has 2 amide bonds. The Hall–Kier alpha value is -3.11. The molecule has 0 saturated heterocycles. The van der Waals surface area contributed by atoms with Gasteiger partial charge in [0.05, 0.1) is 10.5 Å². The van der Waals surface area contributed by atoms with Gasteiger partial charge in [-0.25, -0.2) is 17.5 Å². The lowest BCUT2D eigenvalue weighted by molar-refractivity contribution is -0.121. The molecule has 28 heavy (non-hydrogen) atoms. The fraction of sp³-hybridized carbons (Fsp3) is 0.167. The van der Waals surface area contributed by atoms with Crippen molar-refractivity contribution in [3.05, 3.63) is 65.5 Å². The standard InChI is InChI=1S/C18H18FN3O5S/c1-12(23)13-6-8-14(9-7-13)28(26,27)20-11-10-17(24)21-22-18(25)15-4-2-3-5-16(15)19/h2-9,20H,10-11H2,1H3,(H,21,24)(H,22,25). The van der Waals surface area contributed by atoms with Crippen LogP contribution in [0.25, 0.3) is 0 Å². The Morgan fingerprint density at radius 1 is 0.964 bits per heavy atom. The van der Waals surface area contributed by atoms with Crippen molar-refractivity contribution in [1.29, 1.82) is 0 Å². The first-order valence-electron chi connectivity index (χ1n) is 8.15. The predicted octanol–water partition coefficient (Wildman–Crippen LogP) is 1.16. The molecular formula is C18H18FN3O5S. The Bertz CT molecular complexity index is 991. The van der Waals surface area contributed by atoms with Crippen LogP contribution in [0, 0.1) is 5.82 Å². The average Bonchev–Trinajstić information content (AvgIpc) is 2.66. The normalized spacial score (nSPS) is 10.9. The van der Waals surface area contributed by atoms with Gasteiger partial charge in [-0.05, 0) is 31.2 Å². The van der Waals surface area contributed by atoms with E-state index in [0.29, 0.717) is 5.56 Å². The van der Waals surface area contributed by atoms with E-state index in [9.17, 15) is 27.2 Å². The Morgan fingerprint density at radius 2 is 1.61 bits per heavy atom. The monoisotopic (exact) mass is 407 g/mol. The number of amides is 2. The largest absolute Gasteiger partial charge is 0.295 e. The zero-order chi connectivity index (χ0) is 20.7. The molecule has 2 rings (SSSR count). The maximum Gasteiger partial charge on any atom is 0.272 e. The number of hydrogen-bond donors (Lipinski definition) is 3. The Kier molecular flexibility index (Phi) is 6.96. The Morgan fingerprint density at radius 3 is 2.21 bits per heavy atom. The number of hydrogen-bond acceptors (Lipinski definition) is 5. The van der Waals surface area contributed by atoms with E-state index in [0.717, 1.165) is 6.07 Å². The molecule has 148 valence electrons. The van der Waals surface area contributed by atoms with E-state index in [2.05, 4.69) is 10.1 Å². The van der Waals surface area contributed by atoms with Gasteiger partial charge in [-0.2, -0.15) is 0 Å². The van der Waals surface area contributed by atoms with Crippen LogP contribution in [0.2, 0.25) is 0 Å². The van der Waals surface area contributed by atoms with Crippen molar-refractivity contribution >= 4 is 27.6 Å². The molecule has 2 aromatic rings. The van der Waals surface area contributed by atoms with Crippen molar-refractivity contribution in [2.75, 3.05) is 6.54 Å². The lowest BCUT2D eigenvalue weighted by atomic mass is 10.2. The van der Waals surface area contributed by atoms with E-state index in [1.54, 1.807) is 0 Å². The molecule has 0 bridgehead atoms. The minimum Gasteiger partial charge on any atom is -0.295 e. The number of nitrogens with one attached hydrogen (secondary N) is 3. The number of hydrazine groups is 1. The zero-order valence-electron chi connectivity index (χ0n) is 14.9. The van der Waals surface area contributed by atoms with Gasteiger partial charge in [0.2, 0.25) is 15.9 Å². The summed E-state index contributed by atoms with van der Waals surface area (Å²) in [6, 6.07) is 10.6. The molecule has 0 atom stereocenters. The summed E-state index contributed by atoms with van der Waals surface area (Å²) in [4.78, 5) is 34.6. The van der Waals surface area contributed by atoms with Crippen LogP contribution in [-0.4, -0.2) is 32.6 Å². The van der Waals surface area contributed by atoms with Crippen molar-refractivity contribution in [2.24, 2.45) is 0 Å². The van der Waals surface area contributed by atoms with Crippen LogP contribution in [0.15, 0.2) is 53.4 Å². The van der Waals surface area contributed by atoms with Crippen LogP contribution in [-0.2, 0) is 14.8 Å². The third-order valence-corrected chi connectivity index (χ3v) is 5.13. The second-order valence-electron chi connectivity index (χ2n) is 5.71. The van der Waals surface area contributed by atoms with Gasteiger partial charge in [0.25, 0.3) is 5.91 Å². The maximum atomic E-state index is 13.5. The lowest BCUT2D eigenvalue weighted by Crippen LogP contribution is -2.43. The van der Waals surface area contributed by atoms with Crippen LogP contribution < -0.4 is 15.6 Å². The number of halogens is 1. The molecule has 0 saturated carbocycles.